The number of benzene rings is 1. The molecule has 3 N–H and O–H groups in total. The zero-order chi connectivity index (χ0) is 20.7. The van der Waals surface area contributed by atoms with Gasteiger partial charge in [0.1, 0.15) is 16.1 Å². The summed E-state index contributed by atoms with van der Waals surface area (Å²) in [5, 5.41) is 19.6. The number of carbonyl (C=O) groups is 3. The molecule has 3 aliphatic rings. The van der Waals surface area contributed by atoms with Gasteiger partial charge < -0.3 is 15.5 Å². The van der Waals surface area contributed by atoms with Crippen LogP contribution in [0.25, 0.3) is 0 Å². The highest BCUT2D eigenvalue weighted by atomic mass is 32.1. The molecule has 1 aromatic carbocycles. The monoisotopic (exact) mass is 426 g/mol. The van der Waals surface area contributed by atoms with E-state index in [4.69, 9.17) is 0 Å². The summed E-state index contributed by atoms with van der Waals surface area (Å²) in [5.41, 5.74) is 2.61. The third-order valence-electron chi connectivity index (χ3n) is 5.88. The molecule has 4 heterocycles. The Balaban J connectivity index is 1.24. The Morgan fingerprint density at radius 2 is 2.03 bits per heavy atom. The number of hydrogen-bond donors (Lipinski definition) is 3. The highest BCUT2D eigenvalue weighted by Crippen LogP contribution is 2.30. The molecular formula is C20H22N6O3S. The molecule has 5 rings (SSSR count). The largest absolute Gasteiger partial charge is 0.322 e. The number of aromatic nitrogens is 2. The van der Waals surface area contributed by atoms with Crippen LogP contribution in [0.5, 0.6) is 0 Å². The molecule has 0 spiro atoms. The van der Waals surface area contributed by atoms with E-state index >= 15 is 0 Å². The summed E-state index contributed by atoms with van der Waals surface area (Å²) in [4.78, 5) is 38.1. The molecule has 1 unspecified atom stereocenters. The Morgan fingerprint density at radius 1 is 1.17 bits per heavy atom. The van der Waals surface area contributed by atoms with Crippen molar-refractivity contribution in [3.05, 3.63) is 44.9 Å². The second-order valence-corrected chi connectivity index (χ2v) is 8.93. The predicted octanol–water partition coefficient (Wildman–Crippen LogP) is 0.276. The maximum atomic E-state index is 12.9. The molecule has 0 saturated carbocycles. The first-order chi connectivity index (χ1) is 14.6. The van der Waals surface area contributed by atoms with Gasteiger partial charge in [0, 0.05) is 50.6 Å². The number of hydrogen-bond acceptors (Lipinski definition) is 8. The van der Waals surface area contributed by atoms with Gasteiger partial charge in [0.25, 0.3) is 5.91 Å². The minimum atomic E-state index is -0.593. The summed E-state index contributed by atoms with van der Waals surface area (Å²) in [6, 6.07) is 5.08. The quantitative estimate of drug-likeness (QED) is 0.568. The zero-order valence-corrected chi connectivity index (χ0v) is 17.1. The van der Waals surface area contributed by atoms with Gasteiger partial charge in [-0.2, -0.15) is 0 Å². The van der Waals surface area contributed by atoms with Gasteiger partial charge in [0.15, 0.2) is 0 Å². The molecule has 2 aromatic rings. The van der Waals surface area contributed by atoms with Crippen molar-refractivity contribution in [1.82, 2.24) is 31.0 Å². The molecule has 10 heteroatoms. The van der Waals surface area contributed by atoms with Crippen molar-refractivity contribution in [2.24, 2.45) is 0 Å². The summed E-state index contributed by atoms with van der Waals surface area (Å²) in [7, 11) is 0. The SMILES string of the molecule is O=C1CCC(N2Cc3c(CNCc4nnc(C5CNC5)s4)cccc3C2=O)C(=O)N1. The van der Waals surface area contributed by atoms with E-state index < -0.39 is 6.04 Å². The van der Waals surface area contributed by atoms with Crippen molar-refractivity contribution in [2.75, 3.05) is 13.1 Å². The lowest BCUT2D eigenvalue weighted by Gasteiger charge is -2.29. The van der Waals surface area contributed by atoms with Crippen molar-refractivity contribution in [2.45, 2.75) is 44.4 Å². The standard InChI is InChI=1S/C20H22N6O3S/c27-16-5-4-15(18(28)23-16)26-10-14-11(2-1-3-13(14)20(26)29)6-22-9-17-24-25-19(30-17)12-7-21-8-12/h1-3,12,15,21-22H,4-10H2,(H,23,27,28). The van der Waals surface area contributed by atoms with Gasteiger partial charge in [0.05, 0.1) is 0 Å². The summed E-state index contributed by atoms with van der Waals surface area (Å²) in [6.45, 7) is 3.54. The van der Waals surface area contributed by atoms with Crippen LogP contribution in [0, 0.1) is 0 Å². The smallest absolute Gasteiger partial charge is 0.255 e. The van der Waals surface area contributed by atoms with E-state index in [1.54, 1.807) is 22.3 Å². The Labute approximate surface area is 177 Å². The van der Waals surface area contributed by atoms with Gasteiger partial charge >= 0.3 is 0 Å². The van der Waals surface area contributed by atoms with E-state index in [1.807, 2.05) is 12.1 Å². The van der Waals surface area contributed by atoms with Crippen LogP contribution in [0.1, 0.15) is 50.3 Å². The number of rotatable bonds is 6. The highest BCUT2D eigenvalue weighted by molar-refractivity contribution is 7.11. The second kappa shape index (κ2) is 7.86. The first-order valence-corrected chi connectivity index (χ1v) is 10.9. The lowest BCUT2D eigenvalue weighted by atomic mass is 10.0. The average molecular weight is 427 g/mol. The topological polar surface area (TPSA) is 116 Å². The number of imide groups is 1. The van der Waals surface area contributed by atoms with Crippen LogP contribution in [-0.2, 0) is 29.2 Å². The number of amides is 3. The summed E-state index contributed by atoms with van der Waals surface area (Å²) < 4.78 is 0. The Morgan fingerprint density at radius 3 is 2.80 bits per heavy atom. The average Bonchev–Trinajstić information content (AvgIpc) is 3.26. The lowest BCUT2D eigenvalue weighted by Crippen LogP contribution is -2.52. The zero-order valence-electron chi connectivity index (χ0n) is 16.3. The van der Waals surface area contributed by atoms with Crippen molar-refractivity contribution in [3.8, 4) is 0 Å². The fraction of sp³-hybridized carbons (Fsp3) is 0.450. The molecule has 156 valence electrons. The lowest BCUT2D eigenvalue weighted by molar-refractivity contribution is -0.136. The number of nitrogens with one attached hydrogen (secondary N) is 3. The van der Waals surface area contributed by atoms with E-state index in [0.29, 0.717) is 37.5 Å². The molecule has 1 atom stereocenters. The van der Waals surface area contributed by atoms with Gasteiger partial charge in [-0.25, -0.2) is 0 Å². The van der Waals surface area contributed by atoms with Crippen LogP contribution in [0.3, 0.4) is 0 Å². The summed E-state index contributed by atoms with van der Waals surface area (Å²) in [5.74, 6) is -0.332. The second-order valence-electron chi connectivity index (χ2n) is 7.84. The van der Waals surface area contributed by atoms with Crippen molar-refractivity contribution >= 4 is 29.1 Å². The fourth-order valence-corrected chi connectivity index (χ4v) is 5.00. The van der Waals surface area contributed by atoms with Crippen molar-refractivity contribution < 1.29 is 14.4 Å². The van der Waals surface area contributed by atoms with Crippen LogP contribution in [0.2, 0.25) is 0 Å². The van der Waals surface area contributed by atoms with Crippen LogP contribution in [-0.4, -0.2) is 52.0 Å². The third-order valence-corrected chi connectivity index (χ3v) is 6.97. The van der Waals surface area contributed by atoms with Crippen LogP contribution in [0.4, 0.5) is 0 Å². The van der Waals surface area contributed by atoms with Gasteiger partial charge in [0.2, 0.25) is 11.8 Å². The Kier molecular flexibility index (Phi) is 5.05. The molecule has 3 aliphatic heterocycles. The van der Waals surface area contributed by atoms with E-state index in [9.17, 15) is 14.4 Å². The molecule has 2 saturated heterocycles. The molecule has 0 radical (unpaired) electrons. The minimum absolute atomic E-state index is 0.149. The maximum Gasteiger partial charge on any atom is 0.255 e. The molecule has 2 fully saturated rings. The van der Waals surface area contributed by atoms with Gasteiger partial charge in [-0.3, -0.25) is 19.7 Å². The normalized spacial score (nSPS) is 21.5. The van der Waals surface area contributed by atoms with Gasteiger partial charge in [-0.15, -0.1) is 10.2 Å². The molecular weight excluding hydrogens is 404 g/mol. The summed E-state index contributed by atoms with van der Waals surface area (Å²) in [6.07, 6.45) is 0.625. The van der Waals surface area contributed by atoms with Crippen molar-refractivity contribution in [3.63, 3.8) is 0 Å². The van der Waals surface area contributed by atoms with E-state index in [0.717, 1.165) is 34.2 Å². The van der Waals surface area contributed by atoms with Crippen LogP contribution >= 0.6 is 11.3 Å². The number of nitrogens with zero attached hydrogens (tertiary/aromatic N) is 3. The first kappa shape index (κ1) is 19.3. The van der Waals surface area contributed by atoms with E-state index in [2.05, 4.69) is 26.1 Å². The summed E-state index contributed by atoms with van der Waals surface area (Å²) >= 11 is 1.64. The van der Waals surface area contributed by atoms with Crippen molar-refractivity contribution in [1.29, 1.82) is 0 Å². The predicted molar refractivity (Wildman–Crippen MR) is 109 cm³/mol. The van der Waals surface area contributed by atoms with Crippen LogP contribution in [0.15, 0.2) is 18.2 Å². The van der Waals surface area contributed by atoms with Gasteiger partial charge in [-0.1, -0.05) is 23.5 Å². The highest BCUT2D eigenvalue weighted by Gasteiger charge is 2.39. The first-order valence-electron chi connectivity index (χ1n) is 10.1. The number of piperidine rings is 1. The van der Waals surface area contributed by atoms with E-state index in [1.165, 1.54) is 0 Å². The third kappa shape index (κ3) is 3.51. The molecule has 1 aromatic heterocycles. The van der Waals surface area contributed by atoms with E-state index in [-0.39, 0.29) is 24.1 Å². The van der Waals surface area contributed by atoms with Crippen LogP contribution < -0.4 is 16.0 Å². The van der Waals surface area contributed by atoms with Gasteiger partial charge in [-0.05, 0) is 23.6 Å². The Bertz CT molecular complexity index is 1020. The molecule has 0 bridgehead atoms. The maximum absolute atomic E-state index is 12.9. The molecule has 30 heavy (non-hydrogen) atoms. The number of fused-ring (bicyclic) bond motifs is 1. The fourth-order valence-electron chi connectivity index (χ4n) is 4.09. The Hall–Kier alpha value is -2.69. The molecule has 3 amide bonds. The minimum Gasteiger partial charge on any atom is -0.322 e. The molecule has 0 aliphatic carbocycles. The molecule has 9 nitrogen and oxygen atoms in total. The number of carbonyl (C=O) groups excluding carboxylic acids is 3.